The number of carbonyl (C=O) groups is 1. The molecule has 0 aromatic carbocycles. The molecule has 17 heavy (non-hydrogen) atoms. The number of hydrogen-bond acceptors (Lipinski definition) is 3. The molecular formula is C12H22N4O. The number of carbonyl (C=O) groups excluding carboxylic acids is 1. The molecule has 0 saturated heterocycles. The van der Waals surface area contributed by atoms with Gasteiger partial charge in [0.05, 0.1) is 0 Å². The Labute approximate surface area is 102 Å². The van der Waals surface area contributed by atoms with Crippen molar-refractivity contribution in [2.24, 2.45) is 11.1 Å². The third-order valence-corrected chi connectivity index (χ3v) is 2.82. The summed E-state index contributed by atoms with van der Waals surface area (Å²) in [7, 11) is 0. The highest BCUT2D eigenvalue weighted by atomic mass is 16.1. The maximum absolute atomic E-state index is 11.7. The number of rotatable bonds is 6. The van der Waals surface area contributed by atoms with Crippen LogP contribution >= 0.6 is 0 Å². The van der Waals surface area contributed by atoms with Crippen LogP contribution in [-0.4, -0.2) is 22.6 Å². The number of aromatic amines is 1. The SMILES string of the molecule is Cc1cc(NC(=O)CCC(C)(C)CCN)n[nH]1. The van der Waals surface area contributed by atoms with Gasteiger partial charge >= 0.3 is 0 Å². The Morgan fingerprint density at radius 2 is 2.24 bits per heavy atom. The van der Waals surface area contributed by atoms with E-state index in [0.717, 1.165) is 18.5 Å². The number of aromatic nitrogens is 2. The molecule has 96 valence electrons. The summed E-state index contributed by atoms with van der Waals surface area (Å²) >= 11 is 0. The molecule has 1 aromatic rings. The highest BCUT2D eigenvalue weighted by Crippen LogP contribution is 2.25. The van der Waals surface area contributed by atoms with Crippen molar-refractivity contribution in [2.75, 3.05) is 11.9 Å². The average molecular weight is 238 g/mol. The fraction of sp³-hybridized carbons (Fsp3) is 0.667. The van der Waals surface area contributed by atoms with Gasteiger partial charge in [-0.1, -0.05) is 13.8 Å². The van der Waals surface area contributed by atoms with Crippen LogP contribution in [-0.2, 0) is 4.79 Å². The highest BCUT2D eigenvalue weighted by Gasteiger charge is 2.18. The molecule has 0 aliphatic carbocycles. The quantitative estimate of drug-likeness (QED) is 0.706. The van der Waals surface area contributed by atoms with Crippen molar-refractivity contribution in [3.8, 4) is 0 Å². The highest BCUT2D eigenvalue weighted by molar-refractivity contribution is 5.89. The van der Waals surface area contributed by atoms with Crippen molar-refractivity contribution in [1.82, 2.24) is 10.2 Å². The minimum absolute atomic E-state index is 0.00148. The third-order valence-electron chi connectivity index (χ3n) is 2.82. The van der Waals surface area contributed by atoms with Crippen molar-refractivity contribution >= 4 is 11.7 Å². The van der Waals surface area contributed by atoms with Gasteiger partial charge in [0.15, 0.2) is 5.82 Å². The summed E-state index contributed by atoms with van der Waals surface area (Å²) in [6, 6.07) is 1.81. The van der Waals surface area contributed by atoms with Crippen LogP contribution in [0.3, 0.4) is 0 Å². The minimum Gasteiger partial charge on any atom is -0.330 e. The number of hydrogen-bond donors (Lipinski definition) is 3. The molecule has 0 aliphatic rings. The van der Waals surface area contributed by atoms with E-state index in [1.54, 1.807) is 0 Å². The molecule has 0 fully saturated rings. The van der Waals surface area contributed by atoms with Crippen molar-refractivity contribution in [3.63, 3.8) is 0 Å². The van der Waals surface area contributed by atoms with Crippen LogP contribution in [0.2, 0.25) is 0 Å². The van der Waals surface area contributed by atoms with Gasteiger partial charge in [-0.2, -0.15) is 5.10 Å². The van der Waals surface area contributed by atoms with E-state index in [4.69, 9.17) is 5.73 Å². The Morgan fingerprint density at radius 1 is 1.53 bits per heavy atom. The second kappa shape index (κ2) is 5.82. The molecule has 1 aromatic heterocycles. The van der Waals surface area contributed by atoms with Crippen molar-refractivity contribution in [3.05, 3.63) is 11.8 Å². The lowest BCUT2D eigenvalue weighted by atomic mass is 9.84. The summed E-state index contributed by atoms with van der Waals surface area (Å²) in [5, 5.41) is 9.51. The number of H-pyrrole nitrogens is 1. The number of aryl methyl sites for hydroxylation is 1. The third kappa shape index (κ3) is 4.99. The van der Waals surface area contributed by atoms with Gasteiger partial charge in [-0.3, -0.25) is 9.89 Å². The van der Waals surface area contributed by atoms with Gasteiger partial charge in [0.25, 0.3) is 0 Å². The Bertz CT molecular complexity index is 370. The topological polar surface area (TPSA) is 83.8 Å². The van der Waals surface area contributed by atoms with Crippen molar-refractivity contribution < 1.29 is 4.79 Å². The van der Waals surface area contributed by atoms with Crippen LogP contribution in [0.15, 0.2) is 6.07 Å². The normalized spacial score (nSPS) is 11.5. The molecule has 5 heteroatoms. The van der Waals surface area contributed by atoms with Crippen molar-refractivity contribution in [2.45, 2.75) is 40.0 Å². The molecule has 4 N–H and O–H groups in total. The molecule has 0 aliphatic heterocycles. The first-order chi connectivity index (χ1) is 7.93. The summed E-state index contributed by atoms with van der Waals surface area (Å²) in [5.41, 5.74) is 6.59. The van der Waals surface area contributed by atoms with Crippen LogP contribution in [0.1, 0.15) is 38.8 Å². The molecule has 0 bridgehead atoms. The largest absolute Gasteiger partial charge is 0.330 e. The number of amides is 1. The van der Waals surface area contributed by atoms with E-state index in [9.17, 15) is 4.79 Å². The summed E-state index contributed by atoms with van der Waals surface area (Å²) in [6.07, 6.45) is 2.26. The van der Waals surface area contributed by atoms with Crippen molar-refractivity contribution in [1.29, 1.82) is 0 Å². The zero-order valence-corrected chi connectivity index (χ0v) is 10.8. The van der Waals surface area contributed by atoms with Gasteiger partial charge in [-0.05, 0) is 31.7 Å². The van der Waals surface area contributed by atoms with E-state index in [2.05, 4.69) is 29.4 Å². The Kier molecular flexibility index (Phi) is 4.69. The molecule has 0 radical (unpaired) electrons. The summed E-state index contributed by atoms with van der Waals surface area (Å²) in [6.45, 7) is 6.82. The molecule has 0 unspecified atom stereocenters. The smallest absolute Gasteiger partial charge is 0.225 e. The zero-order valence-electron chi connectivity index (χ0n) is 10.8. The lowest BCUT2D eigenvalue weighted by Crippen LogP contribution is -2.20. The number of anilines is 1. The van der Waals surface area contributed by atoms with Crippen LogP contribution in [0.5, 0.6) is 0 Å². The summed E-state index contributed by atoms with van der Waals surface area (Å²) in [5.74, 6) is 0.589. The predicted molar refractivity (Wildman–Crippen MR) is 68.6 cm³/mol. The molecule has 0 saturated carbocycles. The van der Waals surface area contributed by atoms with Gasteiger partial charge in [0.2, 0.25) is 5.91 Å². The fourth-order valence-electron chi connectivity index (χ4n) is 1.66. The lowest BCUT2D eigenvalue weighted by molar-refractivity contribution is -0.116. The maximum Gasteiger partial charge on any atom is 0.225 e. The van der Waals surface area contributed by atoms with Crippen LogP contribution in [0.4, 0.5) is 5.82 Å². The molecule has 0 spiro atoms. The molecule has 1 heterocycles. The van der Waals surface area contributed by atoms with E-state index >= 15 is 0 Å². The number of nitrogens with two attached hydrogens (primary N) is 1. The molecule has 1 amide bonds. The standard InChI is InChI=1S/C12H22N4O/c1-9-8-10(16-15-9)14-11(17)4-5-12(2,3)6-7-13/h8H,4-7,13H2,1-3H3,(H2,14,15,16,17). The molecule has 1 rings (SSSR count). The second-order valence-corrected chi connectivity index (χ2v) is 5.19. The fourth-order valence-corrected chi connectivity index (χ4v) is 1.66. The predicted octanol–water partition coefficient (Wildman–Crippen LogP) is 1.81. The van der Waals surface area contributed by atoms with Crippen LogP contribution in [0, 0.1) is 12.3 Å². The number of nitrogens with zero attached hydrogens (tertiary/aromatic N) is 1. The average Bonchev–Trinajstić information content (AvgIpc) is 2.61. The van der Waals surface area contributed by atoms with E-state index in [-0.39, 0.29) is 11.3 Å². The molecule has 5 nitrogen and oxygen atoms in total. The summed E-state index contributed by atoms with van der Waals surface area (Å²) < 4.78 is 0. The van der Waals surface area contributed by atoms with Gasteiger partial charge < -0.3 is 11.1 Å². The first-order valence-electron chi connectivity index (χ1n) is 5.95. The minimum atomic E-state index is 0.00148. The maximum atomic E-state index is 11.7. The van der Waals surface area contributed by atoms with E-state index in [0.29, 0.717) is 18.8 Å². The van der Waals surface area contributed by atoms with Crippen LogP contribution in [0.25, 0.3) is 0 Å². The molecular weight excluding hydrogens is 216 g/mol. The van der Waals surface area contributed by atoms with Gasteiger partial charge in [0, 0.05) is 18.2 Å². The van der Waals surface area contributed by atoms with E-state index in [1.165, 1.54) is 0 Å². The van der Waals surface area contributed by atoms with Gasteiger partial charge in [-0.25, -0.2) is 0 Å². The van der Waals surface area contributed by atoms with Gasteiger partial charge in [-0.15, -0.1) is 0 Å². The summed E-state index contributed by atoms with van der Waals surface area (Å²) in [4.78, 5) is 11.7. The first-order valence-corrected chi connectivity index (χ1v) is 5.95. The molecule has 0 atom stereocenters. The lowest BCUT2D eigenvalue weighted by Gasteiger charge is -2.23. The zero-order chi connectivity index (χ0) is 12.9. The van der Waals surface area contributed by atoms with Gasteiger partial charge in [0.1, 0.15) is 0 Å². The Hall–Kier alpha value is -1.36. The van der Waals surface area contributed by atoms with Crippen LogP contribution < -0.4 is 11.1 Å². The Morgan fingerprint density at radius 3 is 2.76 bits per heavy atom. The second-order valence-electron chi connectivity index (χ2n) is 5.19. The number of nitrogens with one attached hydrogen (secondary N) is 2. The first kappa shape index (κ1) is 13.7. The van der Waals surface area contributed by atoms with E-state index in [1.807, 2.05) is 13.0 Å². The monoisotopic (exact) mass is 238 g/mol. The van der Waals surface area contributed by atoms with E-state index < -0.39 is 0 Å². The Balaban J connectivity index is 2.35.